The summed E-state index contributed by atoms with van der Waals surface area (Å²) in [6.45, 7) is 18.6. The van der Waals surface area contributed by atoms with Crippen LogP contribution in [0.2, 0.25) is 18.1 Å². The summed E-state index contributed by atoms with van der Waals surface area (Å²) in [7, 11) is -1.74. The predicted molar refractivity (Wildman–Crippen MR) is 100.0 cm³/mol. The molecule has 2 rings (SSSR count). The lowest BCUT2D eigenvalue weighted by molar-refractivity contribution is -0.116. The fourth-order valence-corrected chi connectivity index (χ4v) is 4.79. The minimum atomic E-state index is -1.74. The van der Waals surface area contributed by atoms with Gasteiger partial charge in [0.05, 0.1) is 0 Å². The van der Waals surface area contributed by atoms with Crippen LogP contribution < -0.4 is 0 Å². The molecule has 0 bridgehead atoms. The van der Waals surface area contributed by atoms with Gasteiger partial charge in [-0.1, -0.05) is 39.0 Å². The van der Waals surface area contributed by atoms with Crippen molar-refractivity contribution in [2.75, 3.05) is 6.61 Å². The minimum absolute atomic E-state index is 0.0152. The summed E-state index contributed by atoms with van der Waals surface area (Å²) in [6.07, 6.45) is 8.07. The first-order chi connectivity index (χ1) is 10.5. The van der Waals surface area contributed by atoms with Crippen molar-refractivity contribution in [3.8, 4) is 0 Å². The summed E-state index contributed by atoms with van der Waals surface area (Å²) in [6, 6.07) is 0. The molecule has 0 aromatic heterocycles. The molecule has 2 aliphatic rings. The lowest BCUT2D eigenvalue weighted by atomic mass is 9.61. The lowest BCUT2D eigenvalue weighted by Crippen LogP contribution is -2.45. The first kappa shape index (κ1) is 18.7. The Balaban J connectivity index is 2.13. The van der Waals surface area contributed by atoms with Crippen LogP contribution in [0, 0.1) is 17.3 Å². The second-order valence-electron chi connectivity index (χ2n) is 9.30. The molecule has 0 heterocycles. The van der Waals surface area contributed by atoms with Crippen molar-refractivity contribution in [3.63, 3.8) is 0 Å². The Morgan fingerprint density at radius 2 is 2.04 bits per heavy atom. The molecule has 0 unspecified atom stereocenters. The topological polar surface area (TPSA) is 26.3 Å². The Morgan fingerprint density at radius 1 is 1.39 bits per heavy atom. The number of allylic oxidation sites excluding steroid dienone is 3. The average molecular weight is 335 g/mol. The quantitative estimate of drug-likeness (QED) is 0.500. The Bertz CT molecular complexity index is 512. The number of ketones is 1. The zero-order valence-electron chi connectivity index (χ0n) is 15.9. The molecule has 1 spiro atoms. The standard InChI is InChI=1S/C20H34O2Si/c1-15(2)16-8-9-17(14-22-23(6,7)19(3,4)5)20(12-16)11-10-18(21)13-20/h10-11,16-17H,1,8-9,12-14H2,2-7H3/t16-,17+,20+/m0/s1. The van der Waals surface area contributed by atoms with Crippen molar-refractivity contribution in [1.29, 1.82) is 0 Å². The van der Waals surface area contributed by atoms with Gasteiger partial charge >= 0.3 is 0 Å². The van der Waals surface area contributed by atoms with Crippen molar-refractivity contribution in [2.24, 2.45) is 17.3 Å². The van der Waals surface area contributed by atoms with Crippen molar-refractivity contribution in [3.05, 3.63) is 24.3 Å². The van der Waals surface area contributed by atoms with Gasteiger partial charge < -0.3 is 4.43 Å². The normalized spacial score (nSPS) is 31.8. The third kappa shape index (κ3) is 3.88. The van der Waals surface area contributed by atoms with Gasteiger partial charge in [0, 0.05) is 18.4 Å². The first-order valence-electron chi connectivity index (χ1n) is 8.98. The molecule has 2 nitrogen and oxygen atoms in total. The van der Waals surface area contributed by atoms with Gasteiger partial charge in [-0.3, -0.25) is 4.79 Å². The van der Waals surface area contributed by atoms with Crippen LogP contribution in [-0.4, -0.2) is 20.7 Å². The molecule has 1 fully saturated rings. The zero-order chi connectivity index (χ0) is 17.5. The van der Waals surface area contributed by atoms with E-state index in [0.717, 1.165) is 19.4 Å². The Labute approximate surface area is 143 Å². The van der Waals surface area contributed by atoms with Crippen LogP contribution in [0.5, 0.6) is 0 Å². The molecular formula is C20H34O2Si. The maximum Gasteiger partial charge on any atom is 0.191 e. The van der Waals surface area contributed by atoms with Gasteiger partial charge in [0.2, 0.25) is 0 Å². The number of hydrogen-bond donors (Lipinski definition) is 0. The highest BCUT2D eigenvalue weighted by atomic mass is 28.4. The van der Waals surface area contributed by atoms with Gasteiger partial charge in [0.15, 0.2) is 14.1 Å². The van der Waals surface area contributed by atoms with Crippen molar-refractivity contribution in [2.45, 2.75) is 71.5 Å². The SMILES string of the molecule is C=C(C)[C@H]1CC[C@H](CO[Si](C)(C)C(C)(C)C)[C@]2(C=CC(=O)C2)C1. The van der Waals surface area contributed by atoms with Crippen LogP contribution >= 0.6 is 0 Å². The summed E-state index contributed by atoms with van der Waals surface area (Å²) in [4.78, 5) is 12.0. The fraction of sp³-hybridized carbons (Fsp3) is 0.750. The van der Waals surface area contributed by atoms with Crippen LogP contribution in [0.4, 0.5) is 0 Å². The number of carbonyl (C=O) groups is 1. The Kier molecular flexibility index (Phi) is 5.13. The van der Waals surface area contributed by atoms with Crippen LogP contribution in [-0.2, 0) is 9.22 Å². The highest BCUT2D eigenvalue weighted by molar-refractivity contribution is 6.74. The van der Waals surface area contributed by atoms with E-state index in [9.17, 15) is 4.79 Å². The molecule has 0 N–H and O–H groups in total. The molecule has 0 aromatic rings. The highest BCUT2D eigenvalue weighted by Gasteiger charge is 2.47. The van der Waals surface area contributed by atoms with Gasteiger partial charge in [-0.05, 0) is 62.2 Å². The molecule has 0 aromatic carbocycles. The molecule has 0 amide bonds. The second-order valence-corrected chi connectivity index (χ2v) is 14.1. The van der Waals surface area contributed by atoms with Gasteiger partial charge in [-0.25, -0.2) is 0 Å². The average Bonchev–Trinajstić information content (AvgIpc) is 2.77. The summed E-state index contributed by atoms with van der Waals surface area (Å²) in [5.41, 5.74) is 1.28. The molecule has 3 heteroatoms. The molecule has 2 aliphatic carbocycles. The molecule has 1 saturated carbocycles. The van der Waals surface area contributed by atoms with Crippen molar-refractivity contribution in [1.82, 2.24) is 0 Å². The number of carbonyl (C=O) groups excluding carboxylic acids is 1. The van der Waals surface area contributed by atoms with Crippen LogP contribution in [0.15, 0.2) is 24.3 Å². The summed E-state index contributed by atoms with van der Waals surface area (Å²) in [5, 5.41) is 0.233. The van der Waals surface area contributed by atoms with Gasteiger partial charge in [-0.15, -0.1) is 0 Å². The smallest absolute Gasteiger partial charge is 0.191 e. The van der Waals surface area contributed by atoms with E-state index in [1.165, 1.54) is 12.0 Å². The summed E-state index contributed by atoms with van der Waals surface area (Å²) < 4.78 is 6.52. The van der Waals surface area contributed by atoms with Gasteiger partial charge in [0.1, 0.15) is 0 Å². The minimum Gasteiger partial charge on any atom is -0.417 e. The van der Waals surface area contributed by atoms with E-state index in [1.807, 2.05) is 0 Å². The maximum absolute atomic E-state index is 12.0. The zero-order valence-corrected chi connectivity index (χ0v) is 16.9. The Morgan fingerprint density at radius 3 is 2.52 bits per heavy atom. The second kappa shape index (κ2) is 6.32. The van der Waals surface area contributed by atoms with Gasteiger partial charge in [-0.2, -0.15) is 0 Å². The van der Waals surface area contributed by atoms with E-state index in [0.29, 0.717) is 18.3 Å². The largest absolute Gasteiger partial charge is 0.417 e. The fourth-order valence-electron chi connectivity index (χ4n) is 3.73. The lowest BCUT2D eigenvalue weighted by Gasteiger charge is -2.46. The van der Waals surface area contributed by atoms with Crippen LogP contribution in [0.3, 0.4) is 0 Å². The third-order valence-corrected chi connectivity index (χ3v) is 11.1. The third-order valence-electron chi connectivity index (χ3n) is 6.56. The molecule has 0 aliphatic heterocycles. The first-order valence-corrected chi connectivity index (χ1v) is 11.9. The van der Waals surface area contributed by atoms with Crippen LogP contribution in [0.25, 0.3) is 0 Å². The maximum atomic E-state index is 12.0. The van der Waals surface area contributed by atoms with E-state index >= 15 is 0 Å². The van der Waals surface area contributed by atoms with Crippen LogP contribution in [0.1, 0.15) is 53.4 Å². The monoisotopic (exact) mass is 334 g/mol. The van der Waals surface area contributed by atoms with Gasteiger partial charge in [0.25, 0.3) is 0 Å². The summed E-state index contributed by atoms with van der Waals surface area (Å²) >= 11 is 0. The Hall–Kier alpha value is -0.673. The molecule has 0 saturated heterocycles. The molecule has 130 valence electrons. The number of hydrogen-bond acceptors (Lipinski definition) is 2. The van der Waals surface area contributed by atoms with Crippen molar-refractivity contribution >= 4 is 14.1 Å². The molecule has 23 heavy (non-hydrogen) atoms. The predicted octanol–water partition coefficient (Wildman–Crippen LogP) is 5.52. The molecular weight excluding hydrogens is 300 g/mol. The van der Waals surface area contributed by atoms with E-state index in [4.69, 9.17) is 4.43 Å². The molecule has 3 atom stereocenters. The van der Waals surface area contributed by atoms with E-state index in [2.05, 4.69) is 53.4 Å². The van der Waals surface area contributed by atoms with E-state index < -0.39 is 8.32 Å². The van der Waals surface area contributed by atoms with Crippen molar-refractivity contribution < 1.29 is 9.22 Å². The van der Waals surface area contributed by atoms with E-state index in [-0.39, 0.29) is 16.2 Å². The molecule has 0 radical (unpaired) electrons. The van der Waals surface area contributed by atoms with E-state index in [1.54, 1.807) is 6.08 Å². The summed E-state index contributed by atoms with van der Waals surface area (Å²) in [5.74, 6) is 1.30. The number of rotatable bonds is 4. The highest BCUT2D eigenvalue weighted by Crippen LogP contribution is 2.52.